The van der Waals surface area contributed by atoms with Gasteiger partial charge in [0.2, 0.25) is 0 Å². The van der Waals surface area contributed by atoms with Gasteiger partial charge in [-0.1, -0.05) is 41.4 Å². The normalized spacial score (nSPS) is 11.0. The molecule has 4 N–H and O–H groups in total. The van der Waals surface area contributed by atoms with Crippen molar-refractivity contribution in [3.05, 3.63) is 70.2 Å². The third-order valence-corrected chi connectivity index (χ3v) is 3.77. The summed E-state index contributed by atoms with van der Waals surface area (Å²) in [6.07, 6.45) is 1.63. The monoisotopic (exact) mass is 353 g/mol. The highest BCUT2D eigenvalue weighted by atomic mass is 35.5. The standard InChI is InChI=1S/C18H16ClN5O/c1-11-2-4-12(5-3-11)10-21-17-15(16(20)25)18(24-23-17)22-14-8-6-13(19)7-9-14/h2-10H,1H3,(H2,20,25)(H2,22,23,24). The summed E-state index contributed by atoms with van der Waals surface area (Å²) in [5.74, 6) is -0.0170. The van der Waals surface area contributed by atoms with E-state index in [2.05, 4.69) is 20.5 Å². The minimum atomic E-state index is -0.624. The van der Waals surface area contributed by atoms with E-state index in [0.717, 1.165) is 16.8 Å². The van der Waals surface area contributed by atoms with E-state index >= 15 is 0 Å². The molecule has 0 aliphatic rings. The number of carbonyl (C=O) groups excluding carboxylic acids is 1. The molecule has 0 fully saturated rings. The van der Waals surface area contributed by atoms with Crippen LogP contribution in [0.3, 0.4) is 0 Å². The van der Waals surface area contributed by atoms with E-state index in [9.17, 15) is 4.79 Å². The number of H-pyrrole nitrogens is 1. The Morgan fingerprint density at radius 1 is 1.20 bits per heavy atom. The van der Waals surface area contributed by atoms with E-state index in [1.807, 2.05) is 31.2 Å². The van der Waals surface area contributed by atoms with Crippen LogP contribution in [-0.4, -0.2) is 22.3 Å². The van der Waals surface area contributed by atoms with Crippen LogP contribution in [-0.2, 0) is 0 Å². The molecular formula is C18H16ClN5O. The lowest BCUT2D eigenvalue weighted by molar-refractivity contribution is 0.100. The van der Waals surface area contributed by atoms with Crippen LogP contribution in [0.15, 0.2) is 53.5 Å². The maximum absolute atomic E-state index is 11.8. The summed E-state index contributed by atoms with van der Waals surface area (Å²) < 4.78 is 0. The Labute approximate surface area is 149 Å². The van der Waals surface area contributed by atoms with Crippen molar-refractivity contribution in [3.8, 4) is 0 Å². The predicted molar refractivity (Wildman–Crippen MR) is 100 cm³/mol. The minimum absolute atomic E-state index is 0.193. The van der Waals surface area contributed by atoms with Gasteiger partial charge in [-0.3, -0.25) is 9.89 Å². The fourth-order valence-corrected chi connectivity index (χ4v) is 2.34. The van der Waals surface area contributed by atoms with Crippen molar-refractivity contribution in [1.29, 1.82) is 0 Å². The van der Waals surface area contributed by atoms with E-state index in [-0.39, 0.29) is 11.4 Å². The van der Waals surface area contributed by atoms with Crippen LogP contribution in [0.4, 0.5) is 17.3 Å². The topological polar surface area (TPSA) is 96.2 Å². The number of carbonyl (C=O) groups is 1. The van der Waals surface area contributed by atoms with Crippen LogP contribution in [0.5, 0.6) is 0 Å². The lowest BCUT2D eigenvalue weighted by atomic mass is 10.2. The molecule has 0 saturated carbocycles. The van der Waals surface area contributed by atoms with Gasteiger partial charge in [-0.05, 0) is 36.8 Å². The van der Waals surface area contributed by atoms with Crippen LogP contribution in [0.25, 0.3) is 0 Å². The van der Waals surface area contributed by atoms with E-state index in [0.29, 0.717) is 10.8 Å². The number of aryl methyl sites for hydroxylation is 1. The summed E-state index contributed by atoms with van der Waals surface area (Å²) in [5.41, 5.74) is 8.48. The number of benzene rings is 2. The average Bonchev–Trinajstić information content (AvgIpc) is 2.99. The number of aliphatic imine (C=N–C) groups is 1. The summed E-state index contributed by atoms with van der Waals surface area (Å²) in [6, 6.07) is 14.9. The van der Waals surface area contributed by atoms with E-state index in [1.54, 1.807) is 30.5 Å². The largest absolute Gasteiger partial charge is 0.365 e. The second-order valence-electron chi connectivity index (χ2n) is 5.46. The van der Waals surface area contributed by atoms with Crippen molar-refractivity contribution in [2.75, 3.05) is 5.32 Å². The van der Waals surface area contributed by atoms with Gasteiger partial charge in [-0.15, -0.1) is 0 Å². The van der Waals surface area contributed by atoms with Gasteiger partial charge in [0.15, 0.2) is 5.82 Å². The molecule has 0 saturated heterocycles. The van der Waals surface area contributed by atoms with Crippen molar-refractivity contribution in [3.63, 3.8) is 0 Å². The number of nitrogens with one attached hydrogen (secondary N) is 2. The van der Waals surface area contributed by atoms with Crippen LogP contribution >= 0.6 is 11.6 Å². The zero-order valence-electron chi connectivity index (χ0n) is 13.5. The number of nitrogens with two attached hydrogens (primary N) is 1. The van der Waals surface area contributed by atoms with Gasteiger partial charge < -0.3 is 11.1 Å². The van der Waals surface area contributed by atoms with E-state index in [4.69, 9.17) is 17.3 Å². The quantitative estimate of drug-likeness (QED) is 0.605. The number of amides is 1. The molecule has 3 rings (SSSR count). The van der Waals surface area contributed by atoms with Crippen LogP contribution in [0.2, 0.25) is 5.02 Å². The number of aromatic nitrogens is 2. The van der Waals surface area contributed by atoms with Gasteiger partial charge in [-0.25, -0.2) is 4.99 Å². The zero-order chi connectivity index (χ0) is 17.8. The third-order valence-electron chi connectivity index (χ3n) is 3.52. The molecule has 2 aromatic carbocycles. The fourth-order valence-electron chi connectivity index (χ4n) is 2.22. The van der Waals surface area contributed by atoms with E-state index in [1.165, 1.54) is 0 Å². The fraction of sp³-hybridized carbons (Fsp3) is 0.0556. The van der Waals surface area contributed by atoms with Crippen molar-refractivity contribution in [1.82, 2.24) is 10.2 Å². The Morgan fingerprint density at radius 3 is 2.52 bits per heavy atom. The lowest BCUT2D eigenvalue weighted by Crippen LogP contribution is -2.12. The molecule has 0 bridgehead atoms. The summed E-state index contributed by atoms with van der Waals surface area (Å²) in [7, 11) is 0. The Hall–Kier alpha value is -3.12. The molecule has 0 aliphatic heterocycles. The molecular weight excluding hydrogens is 338 g/mol. The van der Waals surface area contributed by atoms with E-state index < -0.39 is 5.91 Å². The first-order valence-corrected chi connectivity index (χ1v) is 7.92. The molecule has 0 spiro atoms. The van der Waals surface area contributed by atoms with Gasteiger partial charge in [0, 0.05) is 16.9 Å². The number of nitrogens with zero attached hydrogens (tertiary/aromatic N) is 2. The SMILES string of the molecule is Cc1ccc(C=Nc2n[nH]c(Nc3ccc(Cl)cc3)c2C(N)=O)cc1. The van der Waals surface area contributed by atoms with Gasteiger partial charge >= 0.3 is 0 Å². The van der Waals surface area contributed by atoms with Crippen LogP contribution in [0, 0.1) is 6.92 Å². The van der Waals surface area contributed by atoms with Crippen molar-refractivity contribution in [2.24, 2.45) is 10.7 Å². The highest BCUT2D eigenvalue weighted by Crippen LogP contribution is 2.26. The van der Waals surface area contributed by atoms with Gasteiger partial charge in [0.05, 0.1) is 0 Å². The number of rotatable bonds is 5. The molecule has 1 aromatic heterocycles. The molecule has 3 aromatic rings. The number of anilines is 2. The highest BCUT2D eigenvalue weighted by molar-refractivity contribution is 6.30. The molecule has 0 atom stereocenters. The number of aromatic amines is 1. The number of primary amides is 1. The first-order valence-electron chi connectivity index (χ1n) is 7.54. The molecule has 126 valence electrons. The first-order chi connectivity index (χ1) is 12.0. The summed E-state index contributed by atoms with van der Waals surface area (Å²) in [6.45, 7) is 2.01. The maximum atomic E-state index is 11.8. The van der Waals surface area contributed by atoms with Gasteiger partial charge in [-0.2, -0.15) is 5.10 Å². The molecule has 0 radical (unpaired) electrons. The second kappa shape index (κ2) is 7.19. The Bertz CT molecular complexity index is 914. The molecule has 6 nitrogen and oxygen atoms in total. The van der Waals surface area contributed by atoms with Crippen molar-refractivity contribution < 1.29 is 4.79 Å². The average molecular weight is 354 g/mol. The number of hydrogen-bond donors (Lipinski definition) is 3. The second-order valence-corrected chi connectivity index (χ2v) is 5.90. The van der Waals surface area contributed by atoms with Gasteiger partial charge in [0.1, 0.15) is 11.4 Å². The Balaban J connectivity index is 1.87. The molecule has 0 aliphatic carbocycles. The minimum Gasteiger partial charge on any atom is -0.365 e. The predicted octanol–water partition coefficient (Wildman–Crippen LogP) is 3.96. The molecule has 7 heteroatoms. The Morgan fingerprint density at radius 2 is 1.88 bits per heavy atom. The molecule has 0 unspecified atom stereocenters. The maximum Gasteiger partial charge on any atom is 0.256 e. The molecule has 1 amide bonds. The first kappa shape index (κ1) is 16.7. The van der Waals surface area contributed by atoms with Crippen LogP contribution in [0.1, 0.15) is 21.5 Å². The van der Waals surface area contributed by atoms with Gasteiger partial charge in [0.25, 0.3) is 5.91 Å². The molecule has 25 heavy (non-hydrogen) atoms. The lowest BCUT2D eigenvalue weighted by Gasteiger charge is -2.05. The zero-order valence-corrected chi connectivity index (χ0v) is 14.2. The third kappa shape index (κ3) is 4.05. The Kier molecular flexibility index (Phi) is 4.81. The summed E-state index contributed by atoms with van der Waals surface area (Å²) >= 11 is 5.87. The van der Waals surface area contributed by atoms with Crippen molar-refractivity contribution >= 4 is 41.0 Å². The van der Waals surface area contributed by atoms with Crippen molar-refractivity contribution in [2.45, 2.75) is 6.92 Å². The summed E-state index contributed by atoms with van der Waals surface area (Å²) in [4.78, 5) is 16.1. The number of halogens is 1. The number of hydrogen-bond acceptors (Lipinski definition) is 4. The summed E-state index contributed by atoms with van der Waals surface area (Å²) in [5, 5.41) is 10.5. The highest BCUT2D eigenvalue weighted by Gasteiger charge is 2.18. The smallest absolute Gasteiger partial charge is 0.256 e. The van der Waals surface area contributed by atoms with Crippen LogP contribution < -0.4 is 11.1 Å². The molecule has 1 heterocycles.